The predicted octanol–water partition coefficient (Wildman–Crippen LogP) is 10.9. The summed E-state index contributed by atoms with van der Waals surface area (Å²) in [5.74, 6) is 0. The number of benzene rings is 7. The molecule has 2 nitrogen and oxygen atoms in total. The molecule has 0 bridgehead atoms. The molecule has 1 aromatic heterocycles. The molecule has 8 aromatic rings. The lowest BCUT2D eigenvalue weighted by atomic mass is 9.70. The third-order valence-electron chi connectivity index (χ3n) is 10.4. The minimum Gasteiger partial charge on any atom is -0.345 e. The fourth-order valence-corrected chi connectivity index (χ4v) is 8.47. The molecule has 2 heteroatoms. The Morgan fingerprint density at radius 3 is 1.63 bits per heavy atom. The van der Waals surface area contributed by atoms with Gasteiger partial charge in [0, 0.05) is 34.9 Å². The first-order chi connectivity index (χ1) is 22.7. The SMILES string of the molecule is CN(c1ccccc1)c1ccc2c(c1)c1ccccc1n2-c1ccc2c(c1)C1(c3ccccc3-c3ccccc31)c1ccccc1-2. The molecule has 0 saturated heterocycles. The molecule has 2 aliphatic carbocycles. The van der Waals surface area contributed by atoms with Crippen LogP contribution in [0.4, 0.5) is 11.4 Å². The summed E-state index contributed by atoms with van der Waals surface area (Å²) in [7, 11) is 2.14. The van der Waals surface area contributed by atoms with E-state index in [1.807, 2.05) is 0 Å². The van der Waals surface area contributed by atoms with Crippen molar-refractivity contribution in [3.05, 3.63) is 186 Å². The van der Waals surface area contributed by atoms with Crippen LogP contribution in [0.25, 0.3) is 49.7 Å². The highest BCUT2D eigenvalue weighted by Gasteiger charge is 2.51. The van der Waals surface area contributed by atoms with Crippen LogP contribution in [0.3, 0.4) is 0 Å². The summed E-state index contributed by atoms with van der Waals surface area (Å²) in [6.45, 7) is 0. The maximum atomic E-state index is 2.48. The summed E-state index contributed by atoms with van der Waals surface area (Å²) in [5.41, 5.74) is 16.4. The molecule has 216 valence electrons. The molecular weight excluding hydrogens is 556 g/mol. The van der Waals surface area contributed by atoms with Gasteiger partial charge in [-0.05, 0) is 93.0 Å². The minimum atomic E-state index is -0.362. The second kappa shape index (κ2) is 9.32. The second-order valence-corrected chi connectivity index (χ2v) is 12.6. The largest absolute Gasteiger partial charge is 0.345 e. The average Bonchev–Trinajstić information content (AvgIpc) is 3.73. The normalized spacial score (nSPS) is 13.5. The van der Waals surface area contributed by atoms with Gasteiger partial charge in [0.2, 0.25) is 0 Å². The van der Waals surface area contributed by atoms with Crippen LogP contribution in [0.2, 0.25) is 0 Å². The predicted molar refractivity (Wildman–Crippen MR) is 192 cm³/mol. The molecule has 1 spiro atoms. The number of nitrogens with zero attached hydrogens (tertiary/aromatic N) is 2. The van der Waals surface area contributed by atoms with Crippen molar-refractivity contribution in [2.24, 2.45) is 0 Å². The number of fused-ring (bicyclic) bond motifs is 13. The molecule has 2 aliphatic rings. The Hall–Kier alpha value is -5.86. The van der Waals surface area contributed by atoms with Gasteiger partial charge in [-0.1, -0.05) is 115 Å². The zero-order valence-corrected chi connectivity index (χ0v) is 25.5. The van der Waals surface area contributed by atoms with E-state index in [1.165, 1.54) is 83.4 Å². The molecule has 0 unspecified atom stereocenters. The molecule has 0 fully saturated rings. The first kappa shape index (κ1) is 25.5. The molecule has 0 atom stereocenters. The van der Waals surface area contributed by atoms with Crippen LogP contribution in [0.15, 0.2) is 164 Å². The van der Waals surface area contributed by atoms with Crippen molar-refractivity contribution >= 4 is 33.2 Å². The molecule has 0 radical (unpaired) electrons. The molecule has 10 rings (SSSR count). The average molecular weight is 587 g/mol. The first-order valence-electron chi connectivity index (χ1n) is 16.0. The van der Waals surface area contributed by atoms with Gasteiger partial charge in [-0.25, -0.2) is 0 Å². The fraction of sp³-hybridized carbons (Fsp3) is 0.0455. The monoisotopic (exact) mass is 586 g/mol. The van der Waals surface area contributed by atoms with Crippen molar-refractivity contribution in [3.8, 4) is 27.9 Å². The van der Waals surface area contributed by atoms with E-state index in [0.29, 0.717) is 0 Å². The maximum absolute atomic E-state index is 2.48. The van der Waals surface area contributed by atoms with Gasteiger partial charge < -0.3 is 9.47 Å². The molecule has 7 aromatic carbocycles. The van der Waals surface area contributed by atoms with Gasteiger partial charge in [0.05, 0.1) is 16.4 Å². The van der Waals surface area contributed by atoms with Gasteiger partial charge >= 0.3 is 0 Å². The quantitative estimate of drug-likeness (QED) is 0.200. The van der Waals surface area contributed by atoms with Crippen molar-refractivity contribution in [2.45, 2.75) is 5.41 Å². The van der Waals surface area contributed by atoms with Crippen molar-refractivity contribution in [1.82, 2.24) is 4.57 Å². The van der Waals surface area contributed by atoms with Gasteiger partial charge in [-0.2, -0.15) is 0 Å². The Morgan fingerprint density at radius 1 is 0.413 bits per heavy atom. The maximum Gasteiger partial charge on any atom is 0.0726 e. The molecule has 0 amide bonds. The summed E-state index contributed by atoms with van der Waals surface area (Å²) in [5, 5.41) is 2.52. The molecular formula is C44H30N2. The zero-order valence-electron chi connectivity index (χ0n) is 25.5. The van der Waals surface area contributed by atoms with Crippen LogP contribution in [0.1, 0.15) is 22.3 Å². The lowest BCUT2D eigenvalue weighted by Crippen LogP contribution is -2.26. The van der Waals surface area contributed by atoms with Crippen molar-refractivity contribution in [3.63, 3.8) is 0 Å². The van der Waals surface area contributed by atoms with E-state index >= 15 is 0 Å². The number of hydrogen-bond donors (Lipinski definition) is 0. The Kier molecular flexibility index (Phi) is 5.16. The molecule has 0 aliphatic heterocycles. The Balaban J connectivity index is 1.24. The van der Waals surface area contributed by atoms with Crippen molar-refractivity contribution in [1.29, 1.82) is 0 Å². The standard InChI is InChI=1S/C44H30N2/c1-45(29-13-3-2-4-14-29)30-24-26-43-37(27-30)36-18-8-12-22-42(36)46(43)31-23-25-35-34-17-7-11-21-40(34)44(41(35)28-31)38-19-9-5-15-32(38)33-16-6-10-20-39(33)44/h2-28H,1H3. The van der Waals surface area contributed by atoms with E-state index in [9.17, 15) is 0 Å². The Bertz CT molecular complexity index is 2440. The summed E-state index contributed by atoms with van der Waals surface area (Å²) in [4.78, 5) is 2.26. The van der Waals surface area contributed by atoms with Crippen LogP contribution in [-0.2, 0) is 5.41 Å². The van der Waals surface area contributed by atoms with Crippen LogP contribution in [0.5, 0.6) is 0 Å². The molecule has 0 saturated carbocycles. The van der Waals surface area contributed by atoms with Crippen LogP contribution in [-0.4, -0.2) is 11.6 Å². The lowest BCUT2D eigenvalue weighted by Gasteiger charge is -2.30. The second-order valence-electron chi connectivity index (χ2n) is 12.6. The number of hydrogen-bond acceptors (Lipinski definition) is 1. The first-order valence-corrected chi connectivity index (χ1v) is 16.0. The zero-order chi connectivity index (χ0) is 30.4. The highest BCUT2D eigenvalue weighted by molar-refractivity contribution is 6.10. The van der Waals surface area contributed by atoms with Gasteiger partial charge in [0.15, 0.2) is 0 Å². The third-order valence-corrected chi connectivity index (χ3v) is 10.4. The van der Waals surface area contributed by atoms with E-state index in [1.54, 1.807) is 0 Å². The molecule has 46 heavy (non-hydrogen) atoms. The number of aromatic nitrogens is 1. The smallest absolute Gasteiger partial charge is 0.0726 e. The summed E-state index contributed by atoms with van der Waals surface area (Å²) < 4.78 is 2.46. The van der Waals surface area contributed by atoms with Crippen LogP contribution < -0.4 is 4.90 Å². The fourth-order valence-electron chi connectivity index (χ4n) is 8.47. The summed E-state index contributed by atoms with van der Waals surface area (Å²) >= 11 is 0. The van der Waals surface area contributed by atoms with E-state index in [2.05, 4.69) is 180 Å². The van der Waals surface area contributed by atoms with Gasteiger partial charge in [0.25, 0.3) is 0 Å². The van der Waals surface area contributed by atoms with Gasteiger partial charge in [0.1, 0.15) is 0 Å². The van der Waals surface area contributed by atoms with Gasteiger partial charge in [-0.15, -0.1) is 0 Å². The highest BCUT2D eigenvalue weighted by atomic mass is 15.1. The highest BCUT2D eigenvalue weighted by Crippen LogP contribution is 2.62. The van der Waals surface area contributed by atoms with Crippen molar-refractivity contribution < 1.29 is 0 Å². The van der Waals surface area contributed by atoms with E-state index in [0.717, 1.165) is 0 Å². The van der Waals surface area contributed by atoms with Crippen LogP contribution in [0, 0.1) is 0 Å². The van der Waals surface area contributed by atoms with Crippen molar-refractivity contribution in [2.75, 3.05) is 11.9 Å². The number of rotatable bonds is 3. The van der Waals surface area contributed by atoms with E-state index in [4.69, 9.17) is 0 Å². The number of anilines is 2. The molecule has 1 heterocycles. The van der Waals surface area contributed by atoms with E-state index < -0.39 is 0 Å². The molecule has 0 N–H and O–H groups in total. The lowest BCUT2D eigenvalue weighted by molar-refractivity contribution is 0.792. The Morgan fingerprint density at radius 2 is 0.957 bits per heavy atom. The summed E-state index contributed by atoms with van der Waals surface area (Å²) in [6.07, 6.45) is 0. The number of para-hydroxylation sites is 2. The third kappa shape index (κ3) is 3.20. The summed E-state index contributed by atoms with van der Waals surface area (Å²) in [6, 6.07) is 60.5. The topological polar surface area (TPSA) is 8.17 Å². The van der Waals surface area contributed by atoms with E-state index in [-0.39, 0.29) is 5.41 Å². The Labute approximate surface area is 268 Å². The van der Waals surface area contributed by atoms with Crippen LogP contribution >= 0.6 is 0 Å². The van der Waals surface area contributed by atoms with Gasteiger partial charge in [-0.3, -0.25) is 0 Å². The minimum absolute atomic E-state index is 0.362.